The minimum absolute atomic E-state index is 0.0248. The average Bonchev–Trinajstić information content (AvgIpc) is 3.64. The normalized spacial score (nSPS) is 13.9. The molecule has 0 radical (unpaired) electrons. The number of likely N-dealkylation sites (N-methyl/N-ethyl adjacent to an activating group) is 1. The number of rotatable bonds is 66. The minimum atomic E-state index is -4.71. The molecule has 0 aromatic rings. The van der Waals surface area contributed by atoms with Gasteiger partial charge < -0.3 is 28.5 Å². The van der Waals surface area contributed by atoms with Crippen molar-refractivity contribution in [1.29, 1.82) is 0 Å². The molecule has 0 aromatic heterocycles. The van der Waals surface area contributed by atoms with Gasteiger partial charge in [0.25, 0.3) is 7.82 Å². The number of phosphoric acid groups is 1. The molecule has 0 fully saturated rings. The van der Waals surface area contributed by atoms with Crippen LogP contribution in [-0.2, 0) is 27.9 Å². The molecule has 0 heterocycles. The number of hydrogen-bond donors (Lipinski definition) is 1. The van der Waals surface area contributed by atoms with Gasteiger partial charge in [0.2, 0.25) is 5.91 Å². The van der Waals surface area contributed by atoms with E-state index in [2.05, 4.69) is 86.8 Å². The standard InChI is InChI=1S/C75H139N2O7P/c1-7-10-13-16-19-22-25-28-30-32-34-36-37-38-39-41-42-44-46-49-52-55-58-61-64-67-74(78)76-72(71-83-85(80,81)82-70-69-77(4,5)6)73(66-63-60-57-54-51-48-27-24-21-18-15-12-9-3)84-75(79)68-65-62-59-56-53-50-47-45-43-40-35-33-31-29-26-23-20-17-14-11-8-2/h19,22,28-31,34,36,38-39,63,66,72-73H,7-18,20-21,23-27,32-33,35,37,40-62,64-65,67-71H2,1-6H3,(H-,76,78,80,81)/b22-19-,30-28-,31-29+,36-34-,39-38-,66-63-. The molecular formula is C75H139N2O7P. The maximum atomic E-state index is 13.6. The van der Waals surface area contributed by atoms with Crippen LogP contribution in [-0.4, -0.2) is 69.4 Å². The van der Waals surface area contributed by atoms with E-state index in [1.807, 2.05) is 33.3 Å². The number of ether oxygens (including phenoxy) is 1. The largest absolute Gasteiger partial charge is 0.756 e. The zero-order valence-corrected chi connectivity index (χ0v) is 57.7. The first-order valence-corrected chi connectivity index (χ1v) is 37.7. The van der Waals surface area contributed by atoms with E-state index in [9.17, 15) is 19.0 Å². The molecule has 9 nitrogen and oxygen atoms in total. The number of quaternary nitrogens is 1. The molecular weight excluding hydrogens is 1070 g/mol. The van der Waals surface area contributed by atoms with Crippen LogP contribution in [0.4, 0.5) is 0 Å². The number of hydrogen-bond acceptors (Lipinski definition) is 7. The van der Waals surface area contributed by atoms with Gasteiger partial charge in [0.05, 0.1) is 33.8 Å². The van der Waals surface area contributed by atoms with Crippen LogP contribution in [0.15, 0.2) is 72.9 Å². The van der Waals surface area contributed by atoms with E-state index in [-0.39, 0.29) is 24.9 Å². The van der Waals surface area contributed by atoms with Crippen molar-refractivity contribution in [3.63, 3.8) is 0 Å². The highest BCUT2D eigenvalue weighted by atomic mass is 31.2. The maximum Gasteiger partial charge on any atom is 0.306 e. The van der Waals surface area contributed by atoms with E-state index in [0.29, 0.717) is 17.4 Å². The average molecular weight is 1210 g/mol. The number of esters is 1. The lowest BCUT2D eigenvalue weighted by molar-refractivity contribution is -0.870. The van der Waals surface area contributed by atoms with Crippen molar-refractivity contribution in [3.8, 4) is 0 Å². The van der Waals surface area contributed by atoms with E-state index in [4.69, 9.17) is 13.8 Å². The Labute approximate surface area is 527 Å². The number of allylic oxidation sites excluding steroid dienone is 11. The third-order valence-electron chi connectivity index (χ3n) is 16.1. The van der Waals surface area contributed by atoms with Gasteiger partial charge in [0, 0.05) is 12.8 Å². The van der Waals surface area contributed by atoms with Crippen molar-refractivity contribution >= 4 is 19.7 Å². The van der Waals surface area contributed by atoms with Crippen LogP contribution in [0.5, 0.6) is 0 Å². The van der Waals surface area contributed by atoms with Crippen molar-refractivity contribution in [1.82, 2.24) is 5.32 Å². The molecule has 1 amide bonds. The Kier molecular flexibility index (Phi) is 62.5. The van der Waals surface area contributed by atoms with Crippen molar-refractivity contribution in [2.45, 2.75) is 354 Å². The monoisotopic (exact) mass is 1210 g/mol. The van der Waals surface area contributed by atoms with Gasteiger partial charge in [-0.3, -0.25) is 14.2 Å². The Morgan fingerprint density at radius 1 is 0.412 bits per heavy atom. The Bertz CT molecular complexity index is 1680. The number of unbranched alkanes of at least 4 members (excludes halogenated alkanes) is 40. The highest BCUT2D eigenvalue weighted by Crippen LogP contribution is 2.38. The van der Waals surface area contributed by atoms with Gasteiger partial charge in [-0.05, 0) is 102 Å². The molecule has 1 N–H and O–H groups in total. The van der Waals surface area contributed by atoms with Crippen LogP contribution in [0, 0.1) is 0 Å². The van der Waals surface area contributed by atoms with Gasteiger partial charge in [0.15, 0.2) is 0 Å². The number of carbonyl (C=O) groups excluding carboxylic acids is 2. The van der Waals surface area contributed by atoms with Crippen LogP contribution in [0.25, 0.3) is 0 Å². The Morgan fingerprint density at radius 2 is 0.718 bits per heavy atom. The first-order chi connectivity index (χ1) is 41.4. The topological polar surface area (TPSA) is 114 Å². The molecule has 0 aliphatic heterocycles. The summed E-state index contributed by atoms with van der Waals surface area (Å²) in [6.45, 7) is 6.85. The molecule has 496 valence electrons. The summed E-state index contributed by atoms with van der Waals surface area (Å²) in [7, 11) is 1.18. The van der Waals surface area contributed by atoms with Gasteiger partial charge in [-0.2, -0.15) is 0 Å². The maximum absolute atomic E-state index is 13.6. The zero-order valence-electron chi connectivity index (χ0n) is 56.8. The van der Waals surface area contributed by atoms with E-state index in [0.717, 1.165) is 89.9 Å². The molecule has 0 saturated heterocycles. The van der Waals surface area contributed by atoms with Gasteiger partial charge in [-0.1, -0.05) is 299 Å². The third kappa shape index (κ3) is 65.7. The Balaban J connectivity index is 5.11. The van der Waals surface area contributed by atoms with Crippen LogP contribution in [0.3, 0.4) is 0 Å². The first kappa shape index (κ1) is 82.5. The quantitative estimate of drug-likeness (QED) is 0.0212. The molecule has 0 aliphatic carbocycles. The summed E-state index contributed by atoms with van der Waals surface area (Å²) in [5, 5.41) is 3.05. The van der Waals surface area contributed by atoms with Gasteiger partial charge in [0.1, 0.15) is 19.3 Å². The van der Waals surface area contributed by atoms with Crippen LogP contribution in [0.1, 0.15) is 342 Å². The van der Waals surface area contributed by atoms with Gasteiger partial charge in [-0.15, -0.1) is 0 Å². The predicted octanol–water partition coefficient (Wildman–Crippen LogP) is 22.5. The molecule has 0 bridgehead atoms. The minimum Gasteiger partial charge on any atom is -0.756 e. The second-order valence-electron chi connectivity index (χ2n) is 25.7. The lowest BCUT2D eigenvalue weighted by Gasteiger charge is -2.30. The summed E-state index contributed by atoms with van der Waals surface area (Å²) in [6.07, 6.45) is 84.4. The second-order valence-corrected chi connectivity index (χ2v) is 27.1. The molecule has 0 saturated carbocycles. The molecule has 3 atom stereocenters. The summed E-state index contributed by atoms with van der Waals surface area (Å²) in [5.41, 5.74) is 0. The lowest BCUT2D eigenvalue weighted by Crippen LogP contribution is -2.47. The predicted molar refractivity (Wildman–Crippen MR) is 367 cm³/mol. The summed E-state index contributed by atoms with van der Waals surface area (Å²) in [6, 6.07) is -0.895. The fourth-order valence-electron chi connectivity index (χ4n) is 10.5. The Morgan fingerprint density at radius 3 is 1.11 bits per heavy atom. The number of phosphoric ester groups is 1. The SMILES string of the molecule is CCCCC/C=C\C/C=C\C/C=C\C/C=C\CCCCCCCCCCCC(=O)NC(COP(=O)([O-])OCC[N+](C)(C)C)C(/C=C\CCCCCCCCCCCCC)OC(=O)CCCCCCCCCCCCC/C=C/CCCCCCCC. The van der Waals surface area contributed by atoms with Gasteiger partial charge in [-0.25, -0.2) is 0 Å². The van der Waals surface area contributed by atoms with Crippen LogP contribution < -0.4 is 10.2 Å². The van der Waals surface area contributed by atoms with Crippen molar-refractivity contribution < 1.29 is 37.3 Å². The molecule has 3 unspecified atom stereocenters. The van der Waals surface area contributed by atoms with Crippen molar-refractivity contribution in [3.05, 3.63) is 72.9 Å². The fourth-order valence-corrected chi connectivity index (χ4v) is 11.2. The third-order valence-corrected chi connectivity index (χ3v) is 17.1. The molecule has 0 aliphatic rings. The molecule has 85 heavy (non-hydrogen) atoms. The molecule has 0 rings (SSSR count). The van der Waals surface area contributed by atoms with E-state index in [1.165, 1.54) is 218 Å². The van der Waals surface area contributed by atoms with Crippen LogP contribution >= 0.6 is 7.82 Å². The van der Waals surface area contributed by atoms with Crippen molar-refractivity contribution in [2.75, 3.05) is 40.9 Å². The van der Waals surface area contributed by atoms with Crippen LogP contribution in [0.2, 0.25) is 0 Å². The highest BCUT2D eigenvalue weighted by Gasteiger charge is 2.27. The molecule has 0 spiro atoms. The number of nitrogens with one attached hydrogen (secondary N) is 1. The second kappa shape index (κ2) is 64.4. The summed E-state index contributed by atoms with van der Waals surface area (Å²) in [5.74, 6) is -0.538. The van der Waals surface area contributed by atoms with E-state index in [1.54, 1.807) is 0 Å². The smallest absolute Gasteiger partial charge is 0.306 e. The van der Waals surface area contributed by atoms with Crippen molar-refractivity contribution in [2.24, 2.45) is 0 Å². The van der Waals surface area contributed by atoms with E-state index >= 15 is 0 Å². The molecule has 10 heteroatoms. The summed E-state index contributed by atoms with van der Waals surface area (Å²) >= 11 is 0. The highest BCUT2D eigenvalue weighted by molar-refractivity contribution is 7.45. The summed E-state index contributed by atoms with van der Waals surface area (Å²) in [4.78, 5) is 40.2. The number of amides is 1. The number of carbonyl (C=O) groups is 2. The van der Waals surface area contributed by atoms with E-state index < -0.39 is 26.6 Å². The Hall–Kier alpha value is -2.55. The fraction of sp³-hybridized carbons (Fsp3) is 0.813. The number of nitrogens with zero attached hydrogens (tertiary/aromatic N) is 1. The summed E-state index contributed by atoms with van der Waals surface area (Å²) < 4.78 is 30.5. The van der Waals surface area contributed by atoms with Gasteiger partial charge >= 0.3 is 5.97 Å². The molecule has 0 aromatic carbocycles. The zero-order chi connectivity index (χ0) is 62.1. The lowest BCUT2D eigenvalue weighted by atomic mass is 10.0. The first-order valence-electron chi connectivity index (χ1n) is 36.2.